The minimum Gasteiger partial charge on any atom is -0.465 e. The van der Waals surface area contributed by atoms with Gasteiger partial charge in [-0.15, -0.1) is 0 Å². The van der Waals surface area contributed by atoms with Gasteiger partial charge in [0.25, 0.3) is 0 Å². The van der Waals surface area contributed by atoms with Gasteiger partial charge >= 0.3 is 5.97 Å². The smallest absolute Gasteiger partial charge is 0.306 e. The molecule has 0 radical (unpaired) electrons. The van der Waals surface area contributed by atoms with E-state index in [1.165, 1.54) is 6.21 Å². The largest absolute Gasteiger partial charge is 0.465 e. The van der Waals surface area contributed by atoms with E-state index in [2.05, 4.69) is 17.0 Å². The van der Waals surface area contributed by atoms with Gasteiger partial charge in [-0.3, -0.25) is 4.79 Å². The molecular formula is C7H13NO4S2. The molecule has 0 fully saturated rings. The van der Waals surface area contributed by atoms with Crippen LogP contribution in [0.25, 0.3) is 0 Å². The summed E-state index contributed by atoms with van der Waals surface area (Å²) in [7, 11) is -3.32. The molecule has 0 saturated carbocycles. The minimum atomic E-state index is -3.32. The minimum absolute atomic E-state index is 0.144. The van der Waals surface area contributed by atoms with Crippen molar-refractivity contribution in [2.24, 2.45) is 4.40 Å². The fraction of sp³-hybridized carbons (Fsp3) is 0.714. The molecule has 0 bridgehead atoms. The van der Waals surface area contributed by atoms with Gasteiger partial charge in [0.1, 0.15) is 0 Å². The highest BCUT2D eigenvalue weighted by atomic mass is 32.2. The van der Waals surface area contributed by atoms with Crippen LogP contribution >= 0.6 is 12.6 Å². The van der Waals surface area contributed by atoms with E-state index in [0.29, 0.717) is 12.2 Å². The molecule has 0 atom stereocenters. The number of sulfonamides is 1. The van der Waals surface area contributed by atoms with Gasteiger partial charge in [-0.25, -0.2) is 8.42 Å². The van der Waals surface area contributed by atoms with Crippen molar-refractivity contribution in [1.82, 2.24) is 0 Å². The van der Waals surface area contributed by atoms with Crippen LogP contribution in [0, 0.1) is 0 Å². The number of nitrogens with zero attached hydrogens (tertiary/aromatic N) is 1. The van der Waals surface area contributed by atoms with Crippen LogP contribution in [0.15, 0.2) is 4.40 Å². The molecule has 0 aliphatic heterocycles. The van der Waals surface area contributed by atoms with Crippen LogP contribution in [0.3, 0.4) is 0 Å². The van der Waals surface area contributed by atoms with Crippen LogP contribution in [0.4, 0.5) is 0 Å². The molecule has 0 spiro atoms. The van der Waals surface area contributed by atoms with E-state index in [-0.39, 0.29) is 19.0 Å². The Balaban J connectivity index is 3.57. The van der Waals surface area contributed by atoms with Gasteiger partial charge in [0.2, 0.25) is 10.0 Å². The second-order valence-electron chi connectivity index (χ2n) is 2.50. The number of carbonyl (C=O) groups excluding carboxylic acids is 1. The summed E-state index contributed by atoms with van der Waals surface area (Å²) in [5, 5.41) is 0. The Hall–Kier alpha value is -0.560. The molecule has 0 aromatic heterocycles. The van der Waals surface area contributed by atoms with E-state index >= 15 is 0 Å². The molecule has 0 saturated heterocycles. The summed E-state index contributed by atoms with van der Waals surface area (Å²) in [6, 6.07) is 0. The highest BCUT2D eigenvalue weighted by Gasteiger charge is 1.99. The molecule has 5 nitrogen and oxygen atoms in total. The van der Waals surface area contributed by atoms with Crippen molar-refractivity contribution in [3.8, 4) is 0 Å². The van der Waals surface area contributed by atoms with Crippen molar-refractivity contribution in [2.75, 3.05) is 18.6 Å². The molecule has 0 rings (SSSR count). The molecule has 14 heavy (non-hydrogen) atoms. The molecular weight excluding hydrogens is 226 g/mol. The van der Waals surface area contributed by atoms with E-state index in [1.807, 2.05) is 0 Å². The summed E-state index contributed by atoms with van der Waals surface area (Å²) >= 11 is 3.85. The van der Waals surface area contributed by atoms with Crippen molar-refractivity contribution in [2.45, 2.75) is 12.8 Å². The van der Waals surface area contributed by atoms with Gasteiger partial charge in [-0.2, -0.15) is 17.0 Å². The molecule has 0 aliphatic carbocycles. The Kier molecular flexibility index (Phi) is 6.56. The predicted molar refractivity (Wildman–Crippen MR) is 57.4 cm³/mol. The van der Waals surface area contributed by atoms with Gasteiger partial charge in [-0.1, -0.05) is 0 Å². The highest BCUT2D eigenvalue weighted by Crippen LogP contribution is 1.90. The number of hydrogen-bond acceptors (Lipinski definition) is 5. The van der Waals surface area contributed by atoms with E-state index in [0.717, 1.165) is 6.26 Å². The number of hydrogen-bond donors (Lipinski definition) is 1. The number of thiol groups is 1. The molecule has 82 valence electrons. The van der Waals surface area contributed by atoms with Crippen molar-refractivity contribution >= 4 is 34.8 Å². The lowest BCUT2D eigenvalue weighted by atomic mass is 10.5. The van der Waals surface area contributed by atoms with Gasteiger partial charge < -0.3 is 4.74 Å². The first kappa shape index (κ1) is 13.4. The van der Waals surface area contributed by atoms with Gasteiger partial charge in [0, 0.05) is 18.4 Å². The van der Waals surface area contributed by atoms with Crippen LogP contribution in [0.2, 0.25) is 0 Å². The second-order valence-corrected chi connectivity index (χ2v) is 4.63. The first-order valence-corrected chi connectivity index (χ1v) is 6.44. The molecule has 0 amide bonds. The standard InChI is InChI=1S/C7H13NO4S2/c1-14(10,11)8-4-2-5-12-7(9)3-6-13/h4,13H,2-3,5-6H2,1H3/b8-4+. The van der Waals surface area contributed by atoms with Gasteiger partial charge in [0.15, 0.2) is 0 Å². The summed E-state index contributed by atoms with van der Waals surface area (Å²) in [5.41, 5.74) is 0. The first-order chi connectivity index (χ1) is 6.45. The Morgan fingerprint density at radius 1 is 1.57 bits per heavy atom. The van der Waals surface area contributed by atoms with E-state index in [1.54, 1.807) is 0 Å². The maximum atomic E-state index is 10.8. The van der Waals surface area contributed by atoms with Crippen molar-refractivity contribution in [3.63, 3.8) is 0 Å². The fourth-order valence-electron chi connectivity index (χ4n) is 0.577. The number of carbonyl (C=O) groups is 1. The summed E-state index contributed by atoms with van der Waals surface area (Å²) in [6.45, 7) is 0.144. The SMILES string of the molecule is CS(=O)(=O)/N=C/CCOC(=O)CCS. The van der Waals surface area contributed by atoms with Crippen molar-refractivity contribution in [3.05, 3.63) is 0 Å². The second kappa shape index (κ2) is 6.83. The van der Waals surface area contributed by atoms with Crippen molar-refractivity contribution < 1.29 is 17.9 Å². The van der Waals surface area contributed by atoms with Crippen molar-refractivity contribution in [1.29, 1.82) is 0 Å². The average Bonchev–Trinajstić information content (AvgIpc) is 2.02. The number of esters is 1. The normalized spacial score (nSPS) is 11.9. The lowest BCUT2D eigenvalue weighted by molar-refractivity contribution is -0.142. The lowest BCUT2D eigenvalue weighted by Crippen LogP contribution is -2.06. The quantitative estimate of drug-likeness (QED) is 0.312. The summed E-state index contributed by atoms with van der Waals surface area (Å²) in [6.07, 6.45) is 2.76. The third kappa shape index (κ3) is 9.53. The van der Waals surface area contributed by atoms with E-state index in [4.69, 9.17) is 4.74 Å². The van der Waals surface area contributed by atoms with Gasteiger partial charge in [0.05, 0.1) is 19.3 Å². The highest BCUT2D eigenvalue weighted by molar-refractivity contribution is 7.89. The van der Waals surface area contributed by atoms with Crippen LogP contribution < -0.4 is 0 Å². The fourth-order valence-corrected chi connectivity index (χ4v) is 1.14. The maximum absolute atomic E-state index is 10.8. The summed E-state index contributed by atoms with van der Waals surface area (Å²) in [4.78, 5) is 10.8. The maximum Gasteiger partial charge on any atom is 0.306 e. The Morgan fingerprint density at radius 2 is 2.21 bits per heavy atom. The molecule has 0 unspecified atom stereocenters. The van der Waals surface area contributed by atoms with Crippen LogP contribution in [0.5, 0.6) is 0 Å². The zero-order chi connectivity index (χ0) is 11.0. The van der Waals surface area contributed by atoms with E-state index in [9.17, 15) is 13.2 Å². The molecule has 0 aromatic carbocycles. The van der Waals surface area contributed by atoms with E-state index < -0.39 is 10.0 Å². The molecule has 7 heteroatoms. The predicted octanol–water partition coefficient (Wildman–Crippen LogP) is 0.270. The molecule has 0 N–H and O–H groups in total. The van der Waals surface area contributed by atoms with Crippen LogP contribution in [-0.4, -0.2) is 39.2 Å². The summed E-state index contributed by atoms with van der Waals surface area (Å²) < 4.78 is 29.0. The topological polar surface area (TPSA) is 72.8 Å². The average molecular weight is 239 g/mol. The number of rotatable bonds is 6. The van der Waals surface area contributed by atoms with Gasteiger partial charge in [-0.05, 0) is 0 Å². The summed E-state index contributed by atoms with van der Waals surface area (Å²) in [5.74, 6) is 0.101. The monoisotopic (exact) mass is 239 g/mol. The Morgan fingerprint density at radius 3 is 2.71 bits per heavy atom. The van der Waals surface area contributed by atoms with Crippen LogP contribution in [0.1, 0.15) is 12.8 Å². The zero-order valence-electron chi connectivity index (χ0n) is 7.84. The third-order valence-electron chi connectivity index (χ3n) is 1.09. The first-order valence-electron chi connectivity index (χ1n) is 3.96. The third-order valence-corrected chi connectivity index (χ3v) is 1.85. The number of ether oxygens (including phenoxy) is 1. The molecule has 0 heterocycles. The van der Waals surface area contributed by atoms with Crippen LogP contribution in [-0.2, 0) is 19.6 Å². The Bertz CT molecular complexity index is 297. The Labute approximate surface area is 89.0 Å². The zero-order valence-corrected chi connectivity index (χ0v) is 9.55. The lowest BCUT2D eigenvalue weighted by Gasteiger charge is -1.99. The molecule has 0 aliphatic rings. The molecule has 0 aromatic rings.